The van der Waals surface area contributed by atoms with E-state index in [1.54, 1.807) is 0 Å². The molecular formula is C33H32N2O2. The fraction of sp³-hybridized carbons (Fsp3) is 0.0909. The van der Waals surface area contributed by atoms with Crippen LogP contribution >= 0.6 is 0 Å². The number of anilines is 2. The highest BCUT2D eigenvalue weighted by molar-refractivity contribution is 5.46. The van der Waals surface area contributed by atoms with Gasteiger partial charge < -0.3 is 20.9 Å². The Hall–Kier alpha value is -4.70. The van der Waals surface area contributed by atoms with Crippen LogP contribution in [0.15, 0.2) is 133 Å². The highest BCUT2D eigenvalue weighted by atomic mass is 16.5. The summed E-state index contributed by atoms with van der Waals surface area (Å²) in [7, 11) is 0. The van der Waals surface area contributed by atoms with E-state index in [4.69, 9.17) is 20.9 Å². The molecule has 4 heteroatoms. The highest BCUT2D eigenvalue weighted by Gasteiger charge is 2.23. The summed E-state index contributed by atoms with van der Waals surface area (Å²) in [6.07, 6.45) is 0. The SMILES string of the molecule is CC(C)(c1ccc(Oc2ccc(N)cc2)cc1)c1ccc(Oc2ccc(N)cc2)cc1.c1ccccc1. The molecule has 0 saturated heterocycles. The summed E-state index contributed by atoms with van der Waals surface area (Å²) < 4.78 is 11.8. The van der Waals surface area contributed by atoms with E-state index in [0.717, 1.165) is 23.0 Å². The van der Waals surface area contributed by atoms with Crippen molar-refractivity contribution in [1.29, 1.82) is 0 Å². The molecule has 0 atom stereocenters. The van der Waals surface area contributed by atoms with E-state index >= 15 is 0 Å². The average Bonchev–Trinajstić information content (AvgIpc) is 2.93. The first kappa shape index (κ1) is 25.4. The predicted molar refractivity (Wildman–Crippen MR) is 153 cm³/mol. The van der Waals surface area contributed by atoms with Gasteiger partial charge in [-0.2, -0.15) is 0 Å². The molecule has 186 valence electrons. The predicted octanol–water partition coefficient (Wildman–Crippen LogP) is 8.45. The van der Waals surface area contributed by atoms with Gasteiger partial charge in [-0.15, -0.1) is 0 Å². The van der Waals surface area contributed by atoms with Crippen LogP contribution in [0.3, 0.4) is 0 Å². The molecule has 0 heterocycles. The minimum Gasteiger partial charge on any atom is -0.457 e. The lowest BCUT2D eigenvalue weighted by molar-refractivity contribution is 0.481. The van der Waals surface area contributed by atoms with Gasteiger partial charge in [-0.1, -0.05) is 74.5 Å². The molecule has 0 radical (unpaired) electrons. The van der Waals surface area contributed by atoms with E-state index in [1.807, 2.05) is 109 Å². The third-order valence-electron chi connectivity index (χ3n) is 6.05. The van der Waals surface area contributed by atoms with Gasteiger partial charge in [-0.05, 0) is 83.9 Å². The van der Waals surface area contributed by atoms with Gasteiger partial charge in [0.2, 0.25) is 0 Å². The lowest BCUT2D eigenvalue weighted by Crippen LogP contribution is -2.18. The molecule has 5 aromatic carbocycles. The van der Waals surface area contributed by atoms with Crippen molar-refractivity contribution in [3.05, 3.63) is 145 Å². The molecule has 0 spiro atoms. The summed E-state index contributed by atoms with van der Waals surface area (Å²) >= 11 is 0. The fourth-order valence-electron chi connectivity index (χ4n) is 3.77. The van der Waals surface area contributed by atoms with Gasteiger partial charge in [0.05, 0.1) is 0 Å². The van der Waals surface area contributed by atoms with Crippen molar-refractivity contribution >= 4 is 11.4 Å². The number of hydrogen-bond acceptors (Lipinski definition) is 4. The first-order valence-electron chi connectivity index (χ1n) is 12.2. The molecule has 0 saturated carbocycles. The van der Waals surface area contributed by atoms with E-state index in [-0.39, 0.29) is 5.41 Å². The van der Waals surface area contributed by atoms with Crippen molar-refractivity contribution in [2.24, 2.45) is 0 Å². The minimum absolute atomic E-state index is 0.167. The fourth-order valence-corrected chi connectivity index (χ4v) is 3.77. The summed E-state index contributed by atoms with van der Waals surface area (Å²) in [4.78, 5) is 0. The Balaban J connectivity index is 0.000000469. The van der Waals surface area contributed by atoms with E-state index in [9.17, 15) is 0 Å². The van der Waals surface area contributed by atoms with Crippen LogP contribution in [0.5, 0.6) is 23.0 Å². The summed E-state index contributed by atoms with van der Waals surface area (Å²) in [6.45, 7) is 4.41. The zero-order chi connectivity index (χ0) is 26.1. The van der Waals surface area contributed by atoms with Crippen LogP contribution in [-0.4, -0.2) is 0 Å². The van der Waals surface area contributed by atoms with Crippen molar-refractivity contribution in [1.82, 2.24) is 0 Å². The molecule has 4 N–H and O–H groups in total. The number of hydrogen-bond donors (Lipinski definition) is 2. The maximum Gasteiger partial charge on any atom is 0.127 e. The Morgan fingerprint density at radius 3 is 0.919 bits per heavy atom. The van der Waals surface area contributed by atoms with Gasteiger partial charge in [0.15, 0.2) is 0 Å². The number of ether oxygens (including phenoxy) is 2. The van der Waals surface area contributed by atoms with Crippen molar-refractivity contribution in [2.45, 2.75) is 19.3 Å². The zero-order valence-electron chi connectivity index (χ0n) is 21.2. The molecule has 5 aromatic rings. The Labute approximate surface area is 219 Å². The zero-order valence-corrected chi connectivity index (χ0v) is 21.2. The van der Waals surface area contributed by atoms with E-state index in [2.05, 4.69) is 38.1 Å². The van der Waals surface area contributed by atoms with Crippen molar-refractivity contribution in [2.75, 3.05) is 11.5 Å². The summed E-state index contributed by atoms with van der Waals surface area (Å²) in [5.74, 6) is 3.10. The lowest BCUT2D eigenvalue weighted by atomic mass is 9.78. The van der Waals surface area contributed by atoms with Crippen molar-refractivity contribution in [3.8, 4) is 23.0 Å². The Bertz CT molecular complexity index is 1240. The van der Waals surface area contributed by atoms with Crippen LogP contribution in [0.2, 0.25) is 0 Å². The molecule has 0 aliphatic carbocycles. The minimum atomic E-state index is -0.167. The van der Waals surface area contributed by atoms with E-state index in [0.29, 0.717) is 11.4 Å². The van der Waals surface area contributed by atoms with Gasteiger partial charge in [0.1, 0.15) is 23.0 Å². The average molecular weight is 489 g/mol. The van der Waals surface area contributed by atoms with Crippen LogP contribution in [0.25, 0.3) is 0 Å². The molecule has 0 aliphatic heterocycles. The van der Waals surface area contributed by atoms with Crippen LogP contribution in [0, 0.1) is 0 Å². The lowest BCUT2D eigenvalue weighted by Gasteiger charge is -2.26. The number of rotatable bonds is 6. The maximum absolute atomic E-state index is 5.91. The largest absolute Gasteiger partial charge is 0.457 e. The second-order valence-corrected chi connectivity index (χ2v) is 9.17. The molecule has 0 amide bonds. The first-order chi connectivity index (χ1) is 17.9. The summed E-state index contributed by atoms with van der Waals surface area (Å²) in [5, 5.41) is 0. The molecule has 0 aliphatic rings. The van der Waals surface area contributed by atoms with Gasteiger partial charge >= 0.3 is 0 Å². The van der Waals surface area contributed by atoms with E-state index in [1.165, 1.54) is 11.1 Å². The highest BCUT2D eigenvalue weighted by Crippen LogP contribution is 2.34. The molecule has 0 unspecified atom stereocenters. The first-order valence-corrected chi connectivity index (χ1v) is 12.2. The quantitative estimate of drug-likeness (QED) is 0.235. The Kier molecular flexibility index (Phi) is 8.11. The van der Waals surface area contributed by atoms with Crippen molar-refractivity contribution < 1.29 is 9.47 Å². The topological polar surface area (TPSA) is 70.5 Å². The van der Waals surface area contributed by atoms with Crippen molar-refractivity contribution in [3.63, 3.8) is 0 Å². The molecule has 0 bridgehead atoms. The standard InChI is InChI=1S/C27H26N2O2.C6H6/c1-27(2,19-3-11-23(12-4-19)30-25-15-7-21(28)8-16-25)20-5-13-24(14-6-20)31-26-17-9-22(29)10-18-26;1-2-4-6-5-3-1/h3-18H,28-29H2,1-2H3;1-6H. The molecular weight excluding hydrogens is 456 g/mol. The number of nitrogen functional groups attached to an aromatic ring is 2. The smallest absolute Gasteiger partial charge is 0.127 e. The van der Waals surface area contributed by atoms with Gasteiger partial charge in [-0.25, -0.2) is 0 Å². The van der Waals surface area contributed by atoms with Gasteiger partial charge in [-0.3, -0.25) is 0 Å². The van der Waals surface area contributed by atoms with Crippen LogP contribution in [0.4, 0.5) is 11.4 Å². The van der Waals surface area contributed by atoms with Gasteiger partial charge in [0.25, 0.3) is 0 Å². The normalized spacial score (nSPS) is 10.6. The molecule has 4 nitrogen and oxygen atoms in total. The monoisotopic (exact) mass is 488 g/mol. The van der Waals surface area contributed by atoms with E-state index < -0.39 is 0 Å². The molecule has 37 heavy (non-hydrogen) atoms. The van der Waals surface area contributed by atoms with Crippen LogP contribution in [-0.2, 0) is 5.41 Å². The molecule has 0 aromatic heterocycles. The number of benzene rings is 5. The number of nitrogens with two attached hydrogens (primary N) is 2. The second kappa shape index (κ2) is 11.8. The second-order valence-electron chi connectivity index (χ2n) is 9.17. The summed E-state index contributed by atoms with van der Waals surface area (Å²) in [6, 6.07) is 43.1. The molecule has 0 fully saturated rings. The Morgan fingerprint density at radius 2 is 0.649 bits per heavy atom. The third kappa shape index (κ3) is 7.15. The van der Waals surface area contributed by atoms with Crippen LogP contribution < -0.4 is 20.9 Å². The van der Waals surface area contributed by atoms with Crippen LogP contribution in [0.1, 0.15) is 25.0 Å². The summed E-state index contributed by atoms with van der Waals surface area (Å²) in [5.41, 5.74) is 15.1. The van der Waals surface area contributed by atoms with Gasteiger partial charge in [0, 0.05) is 16.8 Å². The molecule has 5 rings (SSSR count). The third-order valence-corrected chi connectivity index (χ3v) is 6.05. The Morgan fingerprint density at radius 1 is 0.405 bits per heavy atom. The maximum atomic E-state index is 5.91.